The number of aromatic nitrogens is 3. The zero-order valence-electron chi connectivity index (χ0n) is 14.2. The van der Waals surface area contributed by atoms with Gasteiger partial charge in [-0.05, 0) is 57.5 Å². The van der Waals surface area contributed by atoms with Crippen LogP contribution in [0.2, 0.25) is 5.02 Å². The van der Waals surface area contributed by atoms with Crippen LogP contribution in [0.5, 0.6) is 0 Å². The Hall–Kier alpha value is -1.99. The van der Waals surface area contributed by atoms with Crippen LogP contribution >= 0.6 is 11.6 Å². The quantitative estimate of drug-likeness (QED) is 0.874. The zero-order chi connectivity index (χ0) is 18.0. The molecule has 8 heteroatoms. The number of carbonyl (C=O) groups excluding carboxylic acids is 1. The normalized spacial score (nSPS) is 16.6. The first-order valence-corrected chi connectivity index (χ1v) is 8.73. The molecule has 1 aromatic carbocycles. The summed E-state index contributed by atoms with van der Waals surface area (Å²) in [6.45, 7) is 5.55. The number of hydrogen-bond acceptors (Lipinski definition) is 4. The third-order valence-corrected chi connectivity index (χ3v) is 4.88. The third-order valence-electron chi connectivity index (χ3n) is 4.59. The van der Waals surface area contributed by atoms with E-state index in [9.17, 15) is 9.18 Å². The number of carbonyl (C=O) groups is 1. The maximum absolute atomic E-state index is 13.3. The van der Waals surface area contributed by atoms with Crippen LogP contribution in [-0.2, 0) is 0 Å². The minimum Gasteiger partial charge on any atom is -0.344 e. The molecule has 2 N–H and O–H groups in total. The van der Waals surface area contributed by atoms with Gasteiger partial charge in [-0.15, -0.1) is 5.10 Å². The third kappa shape index (κ3) is 3.82. The fourth-order valence-electron chi connectivity index (χ4n) is 3.08. The largest absolute Gasteiger partial charge is 0.344 e. The summed E-state index contributed by atoms with van der Waals surface area (Å²) >= 11 is 5.81. The molecule has 6 nitrogen and oxygen atoms in total. The standard InChI is InChI=1S/C17H21ClFN5O/c1-10(12-3-4-15(19)14(18)9-12)21-17(25)16-11(2)24(23-22-16)13-5-7-20-8-6-13/h3-4,9-10,13,20H,5-8H2,1-2H3,(H,21,25). The molecule has 2 aromatic rings. The Balaban J connectivity index is 1.72. The van der Waals surface area contributed by atoms with E-state index in [0.29, 0.717) is 5.69 Å². The first-order chi connectivity index (χ1) is 12.0. The van der Waals surface area contributed by atoms with E-state index in [-0.39, 0.29) is 23.0 Å². The molecule has 1 amide bonds. The lowest BCUT2D eigenvalue weighted by atomic mass is 10.1. The van der Waals surface area contributed by atoms with Gasteiger partial charge in [-0.3, -0.25) is 4.79 Å². The van der Waals surface area contributed by atoms with E-state index in [0.717, 1.165) is 37.2 Å². The van der Waals surface area contributed by atoms with E-state index >= 15 is 0 Å². The van der Waals surface area contributed by atoms with E-state index in [1.165, 1.54) is 12.1 Å². The maximum Gasteiger partial charge on any atom is 0.274 e. The van der Waals surface area contributed by atoms with Crippen LogP contribution in [0.3, 0.4) is 0 Å². The van der Waals surface area contributed by atoms with Crippen molar-refractivity contribution < 1.29 is 9.18 Å². The molecule has 0 bridgehead atoms. The second-order valence-electron chi connectivity index (χ2n) is 6.32. The predicted octanol–water partition coefficient (Wildman–Crippen LogP) is 2.79. The van der Waals surface area contributed by atoms with Crippen LogP contribution in [0, 0.1) is 12.7 Å². The molecule has 0 saturated carbocycles. The Bertz CT molecular complexity index is 772. The van der Waals surface area contributed by atoms with Crippen molar-refractivity contribution in [1.82, 2.24) is 25.6 Å². The Morgan fingerprint density at radius 3 is 2.84 bits per heavy atom. The monoisotopic (exact) mass is 365 g/mol. The molecule has 1 saturated heterocycles. The predicted molar refractivity (Wildman–Crippen MR) is 93.2 cm³/mol. The summed E-state index contributed by atoms with van der Waals surface area (Å²) in [7, 11) is 0. The molecular formula is C17H21ClFN5O. The molecule has 0 aliphatic carbocycles. The molecule has 1 unspecified atom stereocenters. The second kappa shape index (κ2) is 7.49. The molecular weight excluding hydrogens is 345 g/mol. The lowest BCUT2D eigenvalue weighted by Crippen LogP contribution is -2.31. The molecule has 25 heavy (non-hydrogen) atoms. The summed E-state index contributed by atoms with van der Waals surface area (Å²) in [6, 6.07) is 4.35. The Kier molecular flexibility index (Phi) is 5.34. The topological polar surface area (TPSA) is 71.8 Å². The molecule has 1 aliphatic rings. The number of piperidine rings is 1. The molecule has 2 heterocycles. The number of nitrogens with zero attached hydrogens (tertiary/aromatic N) is 3. The van der Waals surface area contributed by atoms with E-state index in [1.807, 2.05) is 18.5 Å². The van der Waals surface area contributed by atoms with Gasteiger partial charge in [0.25, 0.3) is 5.91 Å². The average Bonchev–Trinajstić information content (AvgIpc) is 2.99. The fraction of sp³-hybridized carbons (Fsp3) is 0.471. The van der Waals surface area contributed by atoms with E-state index in [1.54, 1.807) is 6.07 Å². The summed E-state index contributed by atoms with van der Waals surface area (Å²) in [5.74, 6) is -0.782. The molecule has 1 atom stereocenters. The number of nitrogens with one attached hydrogen (secondary N) is 2. The maximum atomic E-state index is 13.3. The lowest BCUT2D eigenvalue weighted by Gasteiger charge is -2.23. The highest BCUT2D eigenvalue weighted by Crippen LogP contribution is 2.22. The van der Waals surface area contributed by atoms with Crippen LogP contribution in [-0.4, -0.2) is 34.0 Å². The van der Waals surface area contributed by atoms with Gasteiger partial charge < -0.3 is 10.6 Å². The number of hydrogen-bond donors (Lipinski definition) is 2. The van der Waals surface area contributed by atoms with Crippen molar-refractivity contribution in [3.05, 3.63) is 46.0 Å². The minimum absolute atomic E-state index is 0.0339. The van der Waals surface area contributed by atoms with Crippen molar-refractivity contribution in [1.29, 1.82) is 0 Å². The fourth-order valence-corrected chi connectivity index (χ4v) is 3.27. The Labute approximate surface area is 150 Å². The number of rotatable bonds is 4. The SMILES string of the molecule is Cc1c(C(=O)NC(C)c2ccc(F)c(Cl)c2)nnn1C1CCNCC1. The number of halogens is 2. The summed E-state index contributed by atoms with van der Waals surface area (Å²) in [6.07, 6.45) is 1.94. The summed E-state index contributed by atoms with van der Waals surface area (Å²) in [5.41, 5.74) is 1.80. The average molecular weight is 366 g/mol. The van der Waals surface area contributed by atoms with Gasteiger partial charge in [0.1, 0.15) is 5.82 Å². The molecule has 134 valence electrons. The highest BCUT2D eigenvalue weighted by Gasteiger charge is 2.23. The van der Waals surface area contributed by atoms with Gasteiger partial charge in [-0.1, -0.05) is 22.9 Å². The summed E-state index contributed by atoms with van der Waals surface area (Å²) < 4.78 is 15.1. The Morgan fingerprint density at radius 2 is 2.16 bits per heavy atom. The first kappa shape index (κ1) is 17.8. The van der Waals surface area contributed by atoms with E-state index in [4.69, 9.17) is 11.6 Å². The van der Waals surface area contributed by atoms with Gasteiger partial charge in [0.05, 0.1) is 22.8 Å². The Morgan fingerprint density at radius 1 is 1.44 bits per heavy atom. The second-order valence-corrected chi connectivity index (χ2v) is 6.73. The lowest BCUT2D eigenvalue weighted by molar-refractivity contribution is 0.0934. The molecule has 1 aromatic heterocycles. The van der Waals surface area contributed by atoms with E-state index in [2.05, 4.69) is 20.9 Å². The van der Waals surface area contributed by atoms with Gasteiger partial charge >= 0.3 is 0 Å². The molecule has 0 spiro atoms. The van der Waals surface area contributed by atoms with Crippen molar-refractivity contribution in [3.63, 3.8) is 0 Å². The highest BCUT2D eigenvalue weighted by molar-refractivity contribution is 6.30. The summed E-state index contributed by atoms with van der Waals surface area (Å²) in [5, 5.41) is 14.4. The highest BCUT2D eigenvalue weighted by atomic mass is 35.5. The van der Waals surface area contributed by atoms with Gasteiger partial charge in [0.2, 0.25) is 0 Å². The van der Waals surface area contributed by atoms with Crippen molar-refractivity contribution >= 4 is 17.5 Å². The zero-order valence-corrected chi connectivity index (χ0v) is 15.0. The van der Waals surface area contributed by atoms with Crippen LogP contribution < -0.4 is 10.6 Å². The molecule has 1 fully saturated rings. The van der Waals surface area contributed by atoms with Gasteiger partial charge in [-0.2, -0.15) is 0 Å². The first-order valence-electron chi connectivity index (χ1n) is 8.35. The van der Waals surface area contributed by atoms with Crippen LogP contribution in [0.1, 0.15) is 53.6 Å². The minimum atomic E-state index is -0.482. The summed E-state index contributed by atoms with van der Waals surface area (Å²) in [4.78, 5) is 12.6. The number of amides is 1. The molecule has 0 radical (unpaired) electrons. The van der Waals surface area contributed by atoms with Crippen molar-refractivity contribution in [2.75, 3.05) is 13.1 Å². The van der Waals surface area contributed by atoms with Gasteiger partial charge in [0, 0.05) is 0 Å². The van der Waals surface area contributed by atoms with Gasteiger partial charge in [-0.25, -0.2) is 9.07 Å². The van der Waals surface area contributed by atoms with E-state index < -0.39 is 5.82 Å². The molecule has 3 rings (SSSR count). The smallest absolute Gasteiger partial charge is 0.274 e. The molecule has 1 aliphatic heterocycles. The van der Waals surface area contributed by atoms with Crippen LogP contribution in [0.4, 0.5) is 4.39 Å². The van der Waals surface area contributed by atoms with Crippen molar-refractivity contribution in [2.24, 2.45) is 0 Å². The van der Waals surface area contributed by atoms with Crippen LogP contribution in [0.15, 0.2) is 18.2 Å². The number of benzene rings is 1. The van der Waals surface area contributed by atoms with Gasteiger partial charge in [0.15, 0.2) is 5.69 Å². The van der Waals surface area contributed by atoms with Crippen molar-refractivity contribution in [3.8, 4) is 0 Å². The van der Waals surface area contributed by atoms with Crippen LogP contribution in [0.25, 0.3) is 0 Å². The van der Waals surface area contributed by atoms with Crippen molar-refractivity contribution in [2.45, 2.75) is 38.8 Å².